The van der Waals surface area contributed by atoms with E-state index < -0.39 is 0 Å². The summed E-state index contributed by atoms with van der Waals surface area (Å²) in [6.45, 7) is 3.29. The smallest absolute Gasteiger partial charge is 0.109 e. The van der Waals surface area contributed by atoms with E-state index in [0.29, 0.717) is 0 Å². The van der Waals surface area contributed by atoms with Crippen molar-refractivity contribution in [1.29, 1.82) is 0 Å². The lowest BCUT2D eigenvalue weighted by atomic mass is 10.1. The number of hydrogen-bond acceptors (Lipinski definition) is 3. The summed E-state index contributed by atoms with van der Waals surface area (Å²) in [5.41, 5.74) is 0.951. The molecule has 1 atom stereocenters. The van der Waals surface area contributed by atoms with Crippen LogP contribution in [-0.4, -0.2) is 42.7 Å². The van der Waals surface area contributed by atoms with Gasteiger partial charge in [0.05, 0.1) is 6.04 Å². The van der Waals surface area contributed by atoms with E-state index in [0.717, 1.165) is 36.3 Å². The zero-order valence-electron chi connectivity index (χ0n) is 9.00. The van der Waals surface area contributed by atoms with Crippen molar-refractivity contribution in [2.24, 2.45) is 0 Å². The predicted octanol–water partition coefficient (Wildman–Crippen LogP) is 1.76. The molecular formula is C11H15BrFN3. The predicted molar refractivity (Wildman–Crippen MR) is 65.1 cm³/mol. The van der Waals surface area contributed by atoms with Crippen LogP contribution in [0.25, 0.3) is 0 Å². The lowest BCUT2D eigenvalue weighted by molar-refractivity contribution is 0.147. The van der Waals surface area contributed by atoms with Crippen LogP contribution in [0.4, 0.5) is 4.39 Å². The molecule has 1 fully saturated rings. The number of nitrogens with one attached hydrogen (secondary N) is 1. The minimum atomic E-state index is -0.358. The lowest BCUT2D eigenvalue weighted by Gasteiger charge is -2.33. The molecule has 1 aromatic heterocycles. The van der Waals surface area contributed by atoms with Crippen molar-refractivity contribution in [3.05, 3.63) is 28.5 Å². The monoisotopic (exact) mass is 287 g/mol. The highest BCUT2D eigenvalue weighted by Gasteiger charge is 2.22. The highest BCUT2D eigenvalue weighted by molar-refractivity contribution is 9.10. The summed E-state index contributed by atoms with van der Waals surface area (Å²) >= 11 is 3.28. The molecule has 0 aliphatic carbocycles. The lowest BCUT2D eigenvalue weighted by Crippen LogP contribution is -2.45. The van der Waals surface area contributed by atoms with Gasteiger partial charge in [0.25, 0.3) is 0 Å². The van der Waals surface area contributed by atoms with E-state index >= 15 is 0 Å². The molecule has 16 heavy (non-hydrogen) atoms. The summed E-state index contributed by atoms with van der Waals surface area (Å²) in [6, 6.07) is 3.64. The number of rotatable bonds is 3. The van der Waals surface area contributed by atoms with Crippen LogP contribution in [0.1, 0.15) is 11.6 Å². The summed E-state index contributed by atoms with van der Waals surface area (Å²) in [7, 11) is 0. The van der Waals surface area contributed by atoms with Gasteiger partial charge < -0.3 is 5.32 Å². The van der Waals surface area contributed by atoms with E-state index in [-0.39, 0.29) is 12.7 Å². The minimum absolute atomic E-state index is 0.150. The average molecular weight is 288 g/mol. The fraction of sp³-hybridized carbons (Fsp3) is 0.545. The Bertz CT molecular complexity index is 325. The van der Waals surface area contributed by atoms with Crippen molar-refractivity contribution < 1.29 is 4.39 Å². The molecule has 0 unspecified atom stereocenters. The van der Waals surface area contributed by atoms with Crippen molar-refractivity contribution in [2.45, 2.75) is 6.04 Å². The van der Waals surface area contributed by atoms with Gasteiger partial charge in [-0.15, -0.1) is 0 Å². The summed E-state index contributed by atoms with van der Waals surface area (Å²) in [6.07, 6.45) is 1.75. The first-order valence-electron chi connectivity index (χ1n) is 5.43. The van der Waals surface area contributed by atoms with Crippen LogP contribution in [0.3, 0.4) is 0 Å². The number of aromatic nitrogens is 1. The minimum Gasteiger partial charge on any atom is -0.314 e. The maximum atomic E-state index is 13.1. The van der Waals surface area contributed by atoms with Gasteiger partial charge >= 0.3 is 0 Å². The Morgan fingerprint density at radius 2 is 2.19 bits per heavy atom. The molecule has 0 bridgehead atoms. The number of halogens is 2. The van der Waals surface area contributed by atoms with Crippen molar-refractivity contribution in [2.75, 3.05) is 32.9 Å². The molecule has 0 amide bonds. The standard InChI is InChI=1S/C11H15BrFN3/c12-11-2-1-9(8-15-11)10(7-13)16-5-3-14-4-6-16/h1-2,8,10,14H,3-7H2/t10-/m0/s1. The molecule has 0 spiro atoms. The van der Waals surface area contributed by atoms with Gasteiger partial charge in [0.15, 0.2) is 0 Å². The molecular weight excluding hydrogens is 273 g/mol. The van der Waals surface area contributed by atoms with Gasteiger partial charge in [0.2, 0.25) is 0 Å². The molecule has 1 aliphatic heterocycles. The Morgan fingerprint density at radius 3 is 2.75 bits per heavy atom. The second-order valence-corrected chi connectivity index (χ2v) is 4.68. The molecule has 1 aromatic rings. The highest BCUT2D eigenvalue weighted by Crippen LogP contribution is 2.22. The number of nitrogens with zero attached hydrogens (tertiary/aromatic N) is 2. The van der Waals surface area contributed by atoms with Crippen LogP contribution < -0.4 is 5.32 Å². The zero-order valence-corrected chi connectivity index (χ0v) is 10.6. The van der Waals surface area contributed by atoms with E-state index in [1.807, 2.05) is 12.1 Å². The zero-order chi connectivity index (χ0) is 11.4. The van der Waals surface area contributed by atoms with Crippen molar-refractivity contribution >= 4 is 15.9 Å². The molecule has 1 aliphatic rings. The second kappa shape index (κ2) is 5.70. The Morgan fingerprint density at radius 1 is 1.44 bits per heavy atom. The van der Waals surface area contributed by atoms with E-state index in [9.17, 15) is 4.39 Å². The first-order valence-corrected chi connectivity index (χ1v) is 6.23. The fourth-order valence-corrected chi connectivity index (χ4v) is 2.21. The second-order valence-electron chi connectivity index (χ2n) is 3.87. The summed E-state index contributed by atoms with van der Waals surface area (Å²) in [5.74, 6) is 0. The van der Waals surface area contributed by atoms with Gasteiger partial charge in [-0.1, -0.05) is 6.07 Å². The van der Waals surface area contributed by atoms with E-state index in [4.69, 9.17) is 0 Å². The summed E-state index contributed by atoms with van der Waals surface area (Å²) < 4.78 is 13.9. The van der Waals surface area contributed by atoms with Crippen LogP contribution in [0.2, 0.25) is 0 Å². The van der Waals surface area contributed by atoms with Gasteiger partial charge in [-0.2, -0.15) is 0 Å². The van der Waals surface area contributed by atoms with E-state index in [1.54, 1.807) is 6.20 Å². The van der Waals surface area contributed by atoms with Gasteiger partial charge in [-0.25, -0.2) is 9.37 Å². The normalized spacial score (nSPS) is 19.6. The first kappa shape index (κ1) is 12.0. The molecule has 0 radical (unpaired) electrons. The van der Waals surface area contributed by atoms with Crippen LogP contribution >= 0.6 is 15.9 Å². The highest BCUT2D eigenvalue weighted by atomic mass is 79.9. The number of hydrogen-bond donors (Lipinski definition) is 1. The molecule has 5 heteroatoms. The molecule has 1 N–H and O–H groups in total. The van der Waals surface area contributed by atoms with E-state index in [1.165, 1.54) is 0 Å². The summed E-state index contributed by atoms with van der Waals surface area (Å²) in [4.78, 5) is 6.32. The Hall–Kier alpha value is -0.520. The molecule has 1 saturated heterocycles. The Balaban J connectivity index is 2.11. The molecule has 88 valence electrons. The maximum absolute atomic E-state index is 13.1. The van der Waals surface area contributed by atoms with E-state index in [2.05, 4.69) is 31.1 Å². The summed E-state index contributed by atoms with van der Waals surface area (Å²) in [5, 5.41) is 3.27. The SMILES string of the molecule is FC[C@@H](c1ccc(Br)nc1)N1CCNCC1. The topological polar surface area (TPSA) is 28.2 Å². The largest absolute Gasteiger partial charge is 0.314 e. The maximum Gasteiger partial charge on any atom is 0.109 e. The fourth-order valence-electron chi connectivity index (χ4n) is 1.98. The van der Waals surface area contributed by atoms with Crippen LogP contribution in [0, 0.1) is 0 Å². The Labute approximate surface area is 103 Å². The third-order valence-corrected chi connectivity index (χ3v) is 3.34. The van der Waals surface area contributed by atoms with Crippen molar-refractivity contribution in [3.8, 4) is 0 Å². The van der Waals surface area contributed by atoms with Crippen LogP contribution in [-0.2, 0) is 0 Å². The van der Waals surface area contributed by atoms with Crippen LogP contribution in [0.15, 0.2) is 22.9 Å². The van der Waals surface area contributed by atoms with Crippen molar-refractivity contribution in [1.82, 2.24) is 15.2 Å². The molecule has 0 saturated carbocycles. The van der Waals surface area contributed by atoms with Gasteiger partial charge in [-0.3, -0.25) is 4.90 Å². The number of pyridine rings is 1. The molecule has 3 nitrogen and oxygen atoms in total. The average Bonchev–Trinajstić information content (AvgIpc) is 2.34. The van der Waals surface area contributed by atoms with Crippen molar-refractivity contribution in [3.63, 3.8) is 0 Å². The van der Waals surface area contributed by atoms with Gasteiger partial charge in [-0.05, 0) is 27.6 Å². The quantitative estimate of drug-likeness (QED) is 0.859. The number of alkyl halides is 1. The Kier molecular flexibility index (Phi) is 4.26. The third kappa shape index (κ3) is 2.78. The first-order chi connectivity index (χ1) is 7.81. The number of piperazine rings is 1. The third-order valence-electron chi connectivity index (χ3n) is 2.87. The van der Waals surface area contributed by atoms with Crippen LogP contribution in [0.5, 0.6) is 0 Å². The molecule has 2 heterocycles. The molecule has 2 rings (SSSR count). The van der Waals surface area contributed by atoms with Gasteiger partial charge in [0, 0.05) is 32.4 Å². The molecule has 0 aromatic carbocycles. The van der Waals surface area contributed by atoms with Gasteiger partial charge in [0.1, 0.15) is 11.3 Å².